The Balaban J connectivity index is 0.000000112. The van der Waals surface area contributed by atoms with Crippen molar-refractivity contribution in [3.05, 3.63) is 254 Å². The second kappa shape index (κ2) is 37.1. The first kappa shape index (κ1) is 90.9. The summed E-state index contributed by atoms with van der Waals surface area (Å²) in [6.45, 7) is 8.03. The molecule has 2 fully saturated rings. The van der Waals surface area contributed by atoms with Crippen LogP contribution >= 0.6 is 0 Å². The van der Waals surface area contributed by atoms with Gasteiger partial charge in [-0.05, 0) is 163 Å². The van der Waals surface area contributed by atoms with Crippen LogP contribution in [0.3, 0.4) is 0 Å². The van der Waals surface area contributed by atoms with Gasteiger partial charge in [-0.25, -0.2) is 42.1 Å². The number of aromatic nitrogens is 5. The zero-order valence-electron chi connectivity index (χ0n) is 74.4. The van der Waals surface area contributed by atoms with E-state index >= 15 is 0 Å². The molecule has 12 heterocycles. The number of ketones is 1. The number of carbonyl (C=O) groups excluding carboxylic acids is 2. The van der Waals surface area contributed by atoms with Gasteiger partial charge in [0.15, 0.2) is 5.78 Å². The molecule has 7 aliphatic heterocycles. The minimum Gasteiger partial charge on any atom is -0.383 e. The number of pyridine rings is 5. The summed E-state index contributed by atoms with van der Waals surface area (Å²) in [5.74, 6) is -0.0661. The number of anilines is 8. The van der Waals surface area contributed by atoms with Crippen LogP contribution in [-0.2, 0) is 59.6 Å². The minimum atomic E-state index is -3.70. The van der Waals surface area contributed by atoms with Gasteiger partial charge in [0.2, 0.25) is 0 Å². The summed E-state index contributed by atoms with van der Waals surface area (Å²) in [6.07, 6.45) is 11.8. The van der Waals surface area contributed by atoms with Crippen molar-refractivity contribution in [2.45, 2.75) is 50.2 Å². The van der Waals surface area contributed by atoms with Gasteiger partial charge in [0, 0.05) is 215 Å². The van der Waals surface area contributed by atoms with Gasteiger partial charge in [0.1, 0.15) is 0 Å². The zero-order chi connectivity index (χ0) is 93.7. The molecule has 0 aliphatic carbocycles. The van der Waals surface area contributed by atoms with E-state index in [1.54, 1.807) is 158 Å². The van der Waals surface area contributed by atoms with Crippen molar-refractivity contribution in [2.24, 2.45) is 0 Å². The summed E-state index contributed by atoms with van der Waals surface area (Å²) in [5.41, 5.74) is 17.0. The molecule has 5 N–H and O–H groups in total. The fraction of sp³-hybridized carbons (Fsp3) is 0.222. The number of methoxy groups -OCH3 is 1. The topological polar surface area (TPSA) is 367 Å². The van der Waals surface area contributed by atoms with Crippen LogP contribution in [-0.4, -0.2) is 215 Å². The molecule has 1 amide bonds. The van der Waals surface area contributed by atoms with Gasteiger partial charge < -0.3 is 38.9 Å². The van der Waals surface area contributed by atoms with E-state index in [1.807, 2.05) is 125 Å². The summed E-state index contributed by atoms with van der Waals surface area (Å²) >= 11 is 0. The molecule has 0 bridgehead atoms. The number of rotatable bonds is 15. The maximum absolute atomic E-state index is 13.2. The van der Waals surface area contributed by atoms with Crippen molar-refractivity contribution in [1.82, 2.24) is 39.6 Å². The molecule has 35 heteroatoms. The highest BCUT2D eigenvalue weighted by Crippen LogP contribution is 2.52. The standard InChI is InChI=1S/C21H21N3O3S.C20H22N4O2S.C20H17N3O4S.C19H19N3O3S.C19H17N3O2S/c1-24(2)12-6-9-18(25)16-13-17-14-7-3-4-10-19(14)28(26,27)23-21(17)20-15(16)8-5-11-22-20;1-23(2)11-12-24(3)17-13-16-14-7-4-5-9-18(14)27(25,26)22-20(16)19-15(17)8-6-10-21-19;24-20(23-8-10-27-11-9-23)16-12-15-13-4-1-2-6-17(13)28(25,26)22-19(15)18-14(16)5-3-7-21-18;1-22(10-11-25-2)16-12-15-13-6-3-4-8-17(13)26(23,24)21-19(15)18-14(16)7-5-9-20-18;23-25(24)17-8-2-1-6-13(17)15-12-16(22-10-3-4-11-22)14-7-5-9-20-18(14)19(15)21-25/h3-5,7-8,10-11,13,23H,6,9,12H2,1-2H3;4-10,13,22H,11-12H2,1-3H3;1-7,12,22H,8-11H2;3-9,12,21H,10-11H2,1-2H3;1-2,5-9,12,21H,3-4,10-11H2. The van der Waals surface area contributed by atoms with Gasteiger partial charge in [-0.2, -0.15) is 0 Å². The molecule has 134 heavy (non-hydrogen) atoms. The monoisotopic (exact) mass is 1890 g/mol. The summed E-state index contributed by atoms with van der Waals surface area (Å²) in [4.78, 5) is 62.4. The first-order chi connectivity index (χ1) is 64.5. The van der Waals surface area contributed by atoms with Crippen molar-refractivity contribution in [1.29, 1.82) is 0 Å². The third-order valence-electron chi connectivity index (χ3n) is 24.5. The highest BCUT2D eigenvalue weighted by Gasteiger charge is 2.38. The van der Waals surface area contributed by atoms with Gasteiger partial charge in [-0.3, -0.25) is 58.1 Å². The summed E-state index contributed by atoms with van der Waals surface area (Å²) in [6, 6.07) is 63.4. The van der Waals surface area contributed by atoms with Crippen LogP contribution in [0.1, 0.15) is 46.4 Å². The van der Waals surface area contributed by atoms with Crippen LogP contribution in [0.2, 0.25) is 0 Å². The third-order valence-corrected chi connectivity index (χ3v) is 31.6. The number of benzene rings is 10. The fourth-order valence-corrected chi connectivity index (χ4v) is 24.6. The lowest BCUT2D eigenvalue weighted by molar-refractivity contribution is 0.0304. The number of sulfonamides is 5. The zero-order valence-corrected chi connectivity index (χ0v) is 78.5. The molecule has 15 aromatic rings. The Labute approximate surface area is 777 Å². The van der Waals surface area contributed by atoms with Gasteiger partial charge in [0.05, 0.1) is 100 Å². The molecular formula is C99H96N16O14S5. The van der Waals surface area contributed by atoms with E-state index in [-0.39, 0.29) is 26.4 Å². The van der Waals surface area contributed by atoms with E-state index in [9.17, 15) is 51.7 Å². The Hall–Kier alpha value is -13.6. The molecular weight excluding hydrogens is 1800 g/mol. The molecule has 0 saturated carbocycles. The van der Waals surface area contributed by atoms with Crippen LogP contribution in [0.5, 0.6) is 0 Å². The SMILES string of the molecule is CN(C)CCCC(=O)c1cc2c(c3ncccc13)NS(=O)(=O)c1ccccc1-2.CN(C)CCN(C)c1cc2c(c3ncccc13)NS(=O)(=O)c1ccccc1-2.COCCN(C)c1cc2c(c3ncccc13)NS(=O)(=O)c1ccccc1-2.O=C(c1cc2c(c3ncccc13)NS(=O)(=O)c1ccccc1-2)N1CCOCC1.O=S1(=O)Nc2c(cc(N3CCCC3)c3cccnc23)-c2ccccc21. The Morgan fingerprint density at radius 1 is 0.358 bits per heavy atom. The molecule has 0 unspecified atom stereocenters. The first-order valence-corrected chi connectivity index (χ1v) is 51.0. The van der Waals surface area contributed by atoms with Crippen molar-refractivity contribution in [3.8, 4) is 55.6 Å². The Morgan fingerprint density at radius 3 is 1.06 bits per heavy atom. The molecule has 0 atom stereocenters. The summed E-state index contributed by atoms with van der Waals surface area (Å²) < 4.78 is 151. The van der Waals surface area contributed by atoms with Gasteiger partial charge in [-0.1, -0.05) is 103 Å². The first-order valence-electron chi connectivity index (χ1n) is 43.6. The molecule has 10 aromatic carbocycles. The molecule has 7 aliphatic rings. The summed E-state index contributed by atoms with van der Waals surface area (Å²) in [7, 11) is -4.43. The maximum Gasteiger partial charge on any atom is 0.262 e. The van der Waals surface area contributed by atoms with Crippen molar-refractivity contribution < 1.29 is 61.2 Å². The number of Topliss-reactive ketones (excluding diaryl/α,β-unsaturated/α-hetero) is 1. The van der Waals surface area contributed by atoms with Crippen LogP contribution in [0.15, 0.2) is 268 Å². The lowest BCUT2D eigenvalue weighted by Gasteiger charge is -2.28. The Morgan fingerprint density at radius 2 is 0.679 bits per heavy atom. The van der Waals surface area contributed by atoms with Gasteiger partial charge in [-0.15, -0.1) is 0 Å². The van der Waals surface area contributed by atoms with E-state index in [0.29, 0.717) is 167 Å². The van der Waals surface area contributed by atoms with E-state index < -0.39 is 50.1 Å². The number of morpholine rings is 1. The average Bonchev–Trinajstić information content (AvgIpc) is 0.824. The Bertz CT molecular complexity index is 7860. The largest absolute Gasteiger partial charge is 0.383 e. The fourth-order valence-electron chi connectivity index (χ4n) is 18.0. The molecule has 0 spiro atoms. The number of carbonyl (C=O) groups is 2. The lowest BCUT2D eigenvalue weighted by atomic mass is 9.93. The van der Waals surface area contributed by atoms with Crippen LogP contribution in [0, 0.1) is 0 Å². The normalized spacial score (nSPS) is 15.7. The Kier molecular flexibility index (Phi) is 25.2. The molecule has 686 valence electrons. The number of likely N-dealkylation sites (N-methyl/N-ethyl adjacent to an activating group) is 3. The van der Waals surface area contributed by atoms with Crippen molar-refractivity contribution >= 4 is 162 Å². The summed E-state index contributed by atoms with van der Waals surface area (Å²) in [5, 5.41) is 4.11. The number of nitrogens with one attached hydrogen (secondary N) is 5. The third kappa shape index (κ3) is 17.5. The second-order valence-electron chi connectivity index (χ2n) is 33.7. The lowest BCUT2D eigenvalue weighted by Crippen LogP contribution is -2.40. The van der Waals surface area contributed by atoms with E-state index in [2.05, 4.69) is 87.3 Å². The molecule has 30 nitrogen and oxygen atoms in total. The quantitative estimate of drug-likeness (QED) is 0.0595. The highest BCUT2D eigenvalue weighted by molar-refractivity contribution is 7.94. The number of nitrogens with zero attached hydrogens (tertiary/aromatic N) is 11. The minimum absolute atomic E-state index is 0.0357. The van der Waals surface area contributed by atoms with Crippen molar-refractivity contribution in [2.75, 3.05) is 160 Å². The van der Waals surface area contributed by atoms with E-state index in [4.69, 9.17) is 9.47 Å². The van der Waals surface area contributed by atoms with Gasteiger partial charge >= 0.3 is 0 Å². The molecule has 2 saturated heterocycles. The molecule has 5 aromatic heterocycles. The molecule has 0 radical (unpaired) electrons. The predicted octanol–water partition coefficient (Wildman–Crippen LogP) is 15.8. The van der Waals surface area contributed by atoms with E-state index in [1.165, 1.54) is 12.8 Å². The van der Waals surface area contributed by atoms with Crippen LogP contribution < -0.4 is 38.3 Å². The predicted molar refractivity (Wildman–Crippen MR) is 527 cm³/mol. The highest BCUT2D eigenvalue weighted by atomic mass is 32.2. The molecule has 22 rings (SSSR count). The van der Waals surface area contributed by atoms with Gasteiger partial charge in [0.25, 0.3) is 56.0 Å². The van der Waals surface area contributed by atoms with Crippen LogP contribution in [0.4, 0.5) is 45.5 Å². The van der Waals surface area contributed by atoms with E-state index in [0.717, 1.165) is 94.6 Å². The maximum atomic E-state index is 13.2. The number of hydrogen-bond acceptors (Lipinski definition) is 24. The number of amides is 1. The van der Waals surface area contributed by atoms with Crippen LogP contribution in [0.25, 0.3) is 110 Å². The number of fused-ring (bicyclic) bond motifs is 25. The number of hydrogen-bond donors (Lipinski definition) is 5. The smallest absolute Gasteiger partial charge is 0.262 e. The average molecular weight is 1890 g/mol. The number of ether oxygens (including phenoxy) is 2. The second-order valence-corrected chi connectivity index (χ2v) is 42.0. The van der Waals surface area contributed by atoms with Crippen molar-refractivity contribution in [3.63, 3.8) is 0 Å².